The highest BCUT2D eigenvalue weighted by molar-refractivity contribution is 6.52. The number of benzene rings is 1. The molecule has 19 heavy (non-hydrogen) atoms. The zero-order valence-electron chi connectivity index (χ0n) is 10.4. The SMILES string of the molecule is Cc1ccc2c(c1C(O)C(O)CCO)C(=O)C(=O)N2. The van der Waals surface area contributed by atoms with E-state index < -0.39 is 23.9 Å². The van der Waals surface area contributed by atoms with Crippen molar-refractivity contribution in [3.63, 3.8) is 0 Å². The van der Waals surface area contributed by atoms with E-state index >= 15 is 0 Å². The van der Waals surface area contributed by atoms with E-state index in [0.717, 1.165) is 0 Å². The lowest BCUT2D eigenvalue weighted by Gasteiger charge is -2.21. The minimum Gasteiger partial charge on any atom is -0.396 e. The summed E-state index contributed by atoms with van der Waals surface area (Å²) in [6, 6.07) is 3.24. The standard InChI is InChI=1S/C13H15NO5/c1-6-2-3-7-10(12(18)13(19)14-7)9(6)11(17)8(16)4-5-15/h2-3,8,11,15-17H,4-5H2,1H3,(H,14,18,19). The minimum absolute atomic E-state index is 0.0140. The molecular formula is C13H15NO5. The molecule has 0 saturated carbocycles. The Morgan fingerprint density at radius 3 is 2.58 bits per heavy atom. The Morgan fingerprint density at radius 2 is 1.95 bits per heavy atom. The van der Waals surface area contributed by atoms with Gasteiger partial charge in [0.05, 0.1) is 17.4 Å². The fourth-order valence-electron chi connectivity index (χ4n) is 2.23. The number of hydrogen-bond acceptors (Lipinski definition) is 5. The number of fused-ring (bicyclic) bond motifs is 1. The number of anilines is 1. The van der Waals surface area contributed by atoms with Gasteiger partial charge in [0.2, 0.25) is 0 Å². The van der Waals surface area contributed by atoms with Crippen molar-refractivity contribution in [1.29, 1.82) is 0 Å². The first-order valence-electron chi connectivity index (χ1n) is 5.93. The number of aliphatic hydroxyl groups excluding tert-OH is 3. The molecule has 1 aromatic rings. The summed E-state index contributed by atoms with van der Waals surface area (Å²) >= 11 is 0. The van der Waals surface area contributed by atoms with E-state index in [1.165, 1.54) is 0 Å². The van der Waals surface area contributed by atoms with E-state index in [2.05, 4.69) is 5.32 Å². The maximum atomic E-state index is 11.8. The summed E-state index contributed by atoms with van der Waals surface area (Å²) in [5.74, 6) is -1.46. The lowest BCUT2D eigenvalue weighted by molar-refractivity contribution is -0.112. The third-order valence-corrected chi connectivity index (χ3v) is 3.23. The molecule has 1 aliphatic rings. The number of carbonyl (C=O) groups excluding carboxylic acids is 2. The number of amides is 1. The maximum Gasteiger partial charge on any atom is 0.296 e. The van der Waals surface area contributed by atoms with Gasteiger partial charge in [-0.25, -0.2) is 0 Å². The molecule has 1 aromatic carbocycles. The van der Waals surface area contributed by atoms with Crippen LogP contribution in [0.5, 0.6) is 0 Å². The predicted octanol–water partition coefficient (Wildman–Crippen LogP) is -0.0935. The van der Waals surface area contributed by atoms with Crippen LogP contribution in [0.1, 0.15) is 34.0 Å². The topological polar surface area (TPSA) is 107 Å². The van der Waals surface area contributed by atoms with Gasteiger partial charge in [0, 0.05) is 6.61 Å². The van der Waals surface area contributed by atoms with Gasteiger partial charge in [-0.3, -0.25) is 9.59 Å². The minimum atomic E-state index is -1.32. The largest absolute Gasteiger partial charge is 0.396 e. The highest BCUT2D eigenvalue weighted by Crippen LogP contribution is 2.34. The first-order valence-corrected chi connectivity index (χ1v) is 5.93. The number of aryl methyl sites for hydroxylation is 1. The molecule has 1 aliphatic heterocycles. The number of nitrogens with one attached hydrogen (secondary N) is 1. The Balaban J connectivity index is 2.49. The summed E-state index contributed by atoms with van der Waals surface area (Å²) in [5, 5.41) is 31.1. The molecule has 0 aliphatic carbocycles. The summed E-state index contributed by atoms with van der Waals surface area (Å²) in [4.78, 5) is 23.2. The zero-order valence-corrected chi connectivity index (χ0v) is 10.4. The Labute approximate surface area is 109 Å². The Morgan fingerprint density at radius 1 is 1.26 bits per heavy atom. The van der Waals surface area contributed by atoms with Crippen LogP contribution >= 0.6 is 0 Å². The van der Waals surface area contributed by atoms with Crippen molar-refractivity contribution in [1.82, 2.24) is 0 Å². The van der Waals surface area contributed by atoms with Crippen molar-refractivity contribution in [2.75, 3.05) is 11.9 Å². The van der Waals surface area contributed by atoms with Crippen molar-refractivity contribution in [2.24, 2.45) is 0 Å². The van der Waals surface area contributed by atoms with Crippen molar-refractivity contribution >= 4 is 17.4 Å². The average molecular weight is 265 g/mol. The molecule has 0 bridgehead atoms. The number of ketones is 1. The van der Waals surface area contributed by atoms with Crippen LogP contribution in [-0.4, -0.2) is 39.7 Å². The monoisotopic (exact) mass is 265 g/mol. The van der Waals surface area contributed by atoms with Crippen molar-refractivity contribution in [2.45, 2.75) is 25.6 Å². The number of aliphatic hydroxyl groups is 3. The molecule has 0 fully saturated rings. The maximum absolute atomic E-state index is 11.8. The zero-order chi connectivity index (χ0) is 14.2. The summed E-state index contributed by atoms with van der Waals surface area (Å²) in [6.07, 6.45) is -2.53. The van der Waals surface area contributed by atoms with E-state index in [1.54, 1.807) is 19.1 Å². The molecule has 0 radical (unpaired) electrons. The fourth-order valence-corrected chi connectivity index (χ4v) is 2.23. The van der Waals surface area contributed by atoms with Gasteiger partial charge >= 0.3 is 0 Å². The normalized spacial score (nSPS) is 17.1. The molecule has 2 rings (SSSR count). The second-order valence-electron chi connectivity index (χ2n) is 4.53. The molecule has 6 nitrogen and oxygen atoms in total. The second-order valence-corrected chi connectivity index (χ2v) is 4.53. The third kappa shape index (κ3) is 2.25. The van der Waals surface area contributed by atoms with Gasteiger partial charge in [0.25, 0.3) is 11.7 Å². The molecule has 1 amide bonds. The second kappa shape index (κ2) is 5.08. The summed E-state index contributed by atoms with van der Waals surface area (Å²) in [6.45, 7) is 1.40. The van der Waals surface area contributed by atoms with Crippen LogP contribution in [-0.2, 0) is 4.79 Å². The quantitative estimate of drug-likeness (QED) is 0.569. The number of rotatable bonds is 4. The van der Waals surface area contributed by atoms with E-state index in [9.17, 15) is 19.8 Å². The van der Waals surface area contributed by atoms with Gasteiger partial charge in [0.15, 0.2) is 0 Å². The molecule has 1 heterocycles. The summed E-state index contributed by atoms with van der Waals surface area (Å²) < 4.78 is 0. The molecule has 6 heteroatoms. The van der Waals surface area contributed by atoms with E-state index in [-0.39, 0.29) is 24.2 Å². The predicted molar refractivity (Wildman–Crippen MR) is 66.8 cm³/mol. The number of Topliss-reactive ketones (excluding diaryl/α,β-unsaturated/α-hetero) is 1. The molecule has 2 unspecified atom stereocenters. The van der Waals surface area contributed by atoms with Gasteiger partial charge in [-0.05, 0) is 30.5 Å². The Hall–Kier alpha value is -1.76. The van der Waals surface area contributed by atoms with Crippen LogP contribution in [0, 0.1) is 6.92 Å². The molecule has 102 valence electrons. The summed E-state index contributed by atoms with van der Waals surface area (Å²) in [5.41, 5.74) is 1.29. The number of carbonyl (C=O) groups is 2. The van der Waals surface area contributed by atoms with E-state index in [4.69, 9.17) is 5.11 Å². The van der Waals surface area contributed by atoms with E-state index in [0.29, 0.717) is 11.3 Å². The molecule has 0 saturated heterocycles. The molecule has 4 N–H and O–H groups in total. The van der Waals surface area contributed by atoms with Crippen LogP contribution in [0.4, 0.5) is 5.69 Å². The smallest absolute Gasteiger partial charge is 0.296 e. The molecule has 0 spiro atoms. The van der Waals surface area contributed by atoms with Crippen LogP contribution in [0.2, 0.25) is 0 Å². The van der Waals surface area contributed by atoms with Crippen LogP contribution in [0.3, 0.4) is 0 Å². The first kappa shape index (κ1) is 13.7. The van der Waals surface area contributed by atoms with Gasteiger partial charge in [-0.15, -0.1) is 0 Å². The fraction of sp³-hybridized carbons (Fsp3) is 0.385. The van der Waals surface area contributed by atoms with Crippen molar-refractivity contribution in [3.05, 3.63) is 28.8 Å². The van der Waals surface area contributed by atoms with Gasteiger partial charge < -0.3 is 20.6 Å². The number of hydrogen-bond donors (Lipinski definition) is 4. The third-order valence-electron chi connectivity index (χ3n) is 3.23. The van der Waals surface area contributed by atoms with Gasteiger partial charge in [-0.2, -0.15) is 0 Å². The molecule has 0 aromatic heterocycles. The van der Waals surface area contributed by atoms with E-state index in [1.807, 2.05) is 0 Å². The summed E-state index contributed by atoms with van der Waals surface area (Å²) in [7, 11) is 0. The van der Waals surface area contributed by atoms with Crippen LogP contribution in [0.15, 0.2) is 12.1 Å². The van der Waals surface area contributed by atoms with Crippen molar-refractivity contribution < 1.29 is 24.9 Å². The van der Waals surface area contributed by atoms with Gasteiger partial charge in [0.1, 0.15) is 6.10 Å². The van der Waals surface area contributed by atoms with Crippen LogP contribution in [0.25, 0.3) is 0 Å². The Bertz CT molecular complexity index is 540. The molecular weight excluding hydrogens is 250 g/mol. The highest BCUT2D eigenvalue weighted by atomic mass is 16.3. The first-order chi connectivity index (χ1) is 8.97. The van der Waals surface area contributed by atoms with Crippen molar-refractivity contribution in [3.8, 4) is 0 Å². The van der Waals surface area contributed by atoms with Crippen LogP contribution < -0.4 is 5.32 Å². The molecule has 2 atom stereocenters. The lowest BCUT2D eigenvalue weighted by atomic mass is 9.91. The highest BCUT2D eigenvalue weighted by Gasteiger charge is 2.35. The average Bonchev–Trinajstić information content (AvgIpc) is 2.65. The van der Waals surface area contributed by atoms with Gasteiger partial charge in [-0.1, -0.05) is 6.07 Å². The Kier molecular flexibility index (Phi) is 3.66. The lowest BCUT2D eigenvalue weighted by Crippen LogP contribution is -2.23.